The van der Waals surface area contributed by atoms with Gasteiger partial charge in [-0.25, -0.2) is 4.98 Å². The van der Waals surface area contributed by atoms with Crippen molar-refractivity contribution in [2.45, 2.75) is 32.6 Å². The minimum atomic E-state index is 0.631. The Balaban J connectivity index is 1.66. The SMILES string of the molecule is Cc1cnc(NCC2(C3CC3)CC2)c(Br)c1. The van der Waals surface area contributed by atoms with Gasteiger partial charge in [0.15, 0.2) is 0 Å². The second-order valence-electron chi connectivity index (χ2n) is 5.33. The Hall–Kier alpha value is -0.570. The van der Waals surface area contributed by atoms with Crippen LogP contribution in [0.4, 0.5) is 5.82 Å². The third kappa shape index (κ3) is 1.97. The van der Waals surface area contributed by atoms with Crippen LogP contribution in [0.15, 0.2) is 16.7 Å². The highest BCUT2D eigenvalue weighted by Gasteiger charge is 2.53. The number of hydrogen-bond acceptors (Lipinski definition) is 2. The molecule has 0 radical (unpaired) electrons. The minimum absolute atomic E-state index is 0.631. The van der Waals surface area contributed by atoms with Crippen LogP contribution in [-0.4, -0.2) is 11.5 Å². The summed E-state index contributed by atoms with van der Waals surface area (Å²) < 4.78 is 1.08. The van der Waals surface area contributed by atoms with Gasteiger partial charge in [-0.3, -0.25) is 0 Å². The normalized spacial score (nSPS) is 21.9. The van der Waals surface area contributed by atoms with Gasteiger partial charge < -0.3 is 5.32 Å². The number of pyridine rings is 1. The molecule has 1 heterocycles. The van der Waals surface area contributed by atoms with Crippen molar-refractivity contribution in [1.29, 1.82) is 0 Å². The molecule has 0 bridgehead atoms. The molecule has 16 heavy (non-hydrogen) atoms. The first-order chi connectivity index (χ1) is 7.70. The third-order valence-electron chi connectivity index (χ3n) is 3.92. The molecule has 2 aliphatic rings. The van der Waals surface area contributed by atoms with E-state index in [1.165, 1.54) is 31.2 Å². The van der Waals surface area contributed by atoms with Crippen molar-refractivity contribution < 1.29 is 0 Å². The lowest BCUT2D eigenvalue weighted by atomic mass is 10.0. The minimum Gasteiger partial charge on any atom is -0.369 e. The molecule has 0 saturated heterocycles. The van der Waals surface area contributed by atoms with Gasteiger partial charge in [-0.1, -0.05) is 0 Å². The summed E-state index contributed by atoms with van der Waals surface area (Å²) in [7, 11) is 0. The number of aryl methyl sites for hydroxylation is 1. The molecular formula is C13H17BrN2. The van der Waals surface area contributed by atoms with Gasteiger partial charge in [0.2, 0.25) is 0 Å². The average Bonchev–Trinajstić information content (AvgIpc) is 3.11. The lowest BCUT2D eigenvalue weighted by Crippen LogP contribution is -2.18. The number of aromatic nitrogens is 1. The maximum atomic E-state index is 4.43. The predicted octanol–water partition coefficient (Wildman–Crippen LogP) is 3.75. The van der Waals surface area contributed by atoms with E-state index in [0.29, 0.717) is 5.41 Å². The number of anilines is 1. The smallest absolute Gasteiger partial charge is 0.140 e. The zero-order valence-electron chi connectivity index (χ0n) is 9.59. The molecule has 0 unspecified atom stereocenters. The van der Waals surface area contributed by atoms with Gasteiger partial charge in [-0.05, 0) is 71.5 Å². The number of rotatable bonds is 4. The fourth-order valence-electron chi connectivity index (χ4n) is 2.51. The van der Waals surface area contributed by atoms with Crippen molar-refractivity contribution in [3.8, 4) is 0 Å². The van der Waals surface area contributed by atoms with Gasteiger partial charge in [0, 0.05) is 12.7 Å². The van der Waals surface area contributed by atoms with E-state index < -0.39 is 0 Å². The zero-order valence-corrected chi connectivity index (χ0v) is 11.2. The van der Waals surface area contributed by atoms with Crippen molar-refractivity contribution in [1.82, 2.24) is 4.98 Å². The van der Waals surface area contributed by atoms with Crippen molar-refractivity contribution in [3.63, 3.8) is 0 Å². The summed E-state index contributed by atoms with van der Waals surface area (Å²) in [6.45, 7) is 3.17. The Morgan fingerprint density at radius 3 is 2.81 bits per heavy atom. The van der Waals surface area contributed by atoms with E-state index in [-0.39, 0.29) is 0 Å². The second-order valence-corrected chi connectivity index (χ2v) is 6.19. The third-order valence-corrected chi connectivity index (χ3v) is 4.53. The molecule has 0 aromatic carbocycles. The largest absolute Gasteiger partial charge is 0.369 e. The van der Waals surface area contributed by atoms with E-state index in [1.807, 2.05) is 6.20 Å². The summed E-state index contributed by atoms with van der Waals surface area (Å²) in [4.78, 5) is 4.43. The number of halogens is 1. The maximum absolute atomic E-state index is 4.43. The molecule has 2 saturated carbocycles. The first kappa shape index (κ1) is 10.6. The van der Waals surface area contributed by atoms with E-state index in [1.54, 1.807) is 0 Å². The van der Waals surface area contributed by atoms with Gasteiger partial charge in [-0.15, -0.1) is 0 Å². The molecule has 0 amide bonds. The molecule has 1 aromatic rings. The molecule has 2 fully saturated rings. The highest BCUT2D eigenvalue weighted by atomic mass is 79.9. The molecule has 0 aliphatic heterocycles. The first-order valence-electron chi connectivity index (χ1n) is 6.06. The highest BCUT2D eigenvalue weighted by Crippen LogP contribution is 2.61. The van der Waals surface area contributed by atoms with Crippen molar-refractivity contribution in [2.75, 3.05) is 11.9 Å². The van der Waals surface area contributed by atoms with Crippen LogP contribution < -0.4 is 5.32 Å². The van der Waals surface area contributed by atoms with E-state index >= 15 is 0 Å². The highest BCUT2D eigenvalue weighted by molar-refractivity contribution is 9.10. The summed E-state index contributed by atoms with van der Waals surface area (Å²) in [5, 5.41) is 3.51. The predicted molar refractivity (Wildman–Crippen MR) is 69.6 cm³/mol. The standard InChI is InChI=1S/C13H17BrN2/c1-9-6-11(14)12(15-7-9)16-8-13(4-5-13)10-2-3-10/h6-7,10H,2-5,8H2,1H3,(H,15,16). The van der Waals surface area contributed by atoms with Gasteiger partial charge in [0.25, 0.3) is 0 Å². The van der Waals surface area contributed by atoms with Gasteiger partial charge in [-0.2, -0.15) is 0 Å². The van der Waals surface area contributed by atoms with E-state index in [2.05, 4.69) is 39.2 Å². The van der Waals surface area contributed by atoms with Crippen LogP contribution in [0.5, 0.6) is 0 Å². The summed E-state index contributed by atoms with van der Waals surface area (Å²) in [6, 6.07) is 2.12. The fourth-order valence-corrected chi connectivity index (χ4v) is 3.11. The Labute approximate surface area is 105 Å². The topological polar surface area (TPSA) is 24.9 Å². The zero-order chi connectivity index (χ0) is 11.2. The summed E-state index contributed by atoms with van der Waals surface area (Å²) in [5.74, 6) is 2.00. The molecule has 86 valence electrons. The van der Waals surface area contributed by atoms with Crippen LogP contribution in [0.2, 0.25) is 0 Å². The van der Waals surface area contributed by atoms with Gasteiger partial charge >= 0.3 is 0 Å². The monoisotopic (exact) mass is 280 g/mol. The number of nitrogens with zero attached hydrogens (tertiary/aromatic N) is 1. The van der Waals surface area contributed by atoms with E-state index in [9.17, 15) is 0 Å². The van der Waals surface area contributed by atoms with Crippen molar-refractivity contribution in [3.05, 3.63) is 22.3 Å². The van der Waals surface area contributed by atoms with Crippen LogP contribution in [-0.2, 0) is 0 Å². The molecule has 1 aromatic heterocycles. The van der Waals surface area contributed by atoms with Crippen LogP contribution in [0.3, 0.4) is 0 Å². The molecule has 3 heteroatoms. The maximum Gasteiger partial charge on any atom is 0.140 e. The van der Waals surface area contributed by atoms with Crippen molar-refractivity contribution in [2.24, 2.45) is 11.3 Å². The molecule has 1 N–H and O–H groups in total. The number of hydrogen-bond donors (Lipinski definition) is 1. The fraction of sp³-hybridized carbons (Fsp3) is 0.615. The van der Waals surface area contributed by atoms with Crippen LogP contribution in [0.1, 0.15) is 31.2 Å². The Morgan fingerprint density at radius 1 is 1.50 bits per heavy atom. The molecule has 0 atom stereocenters. The van der Waals surface area contributed by atoms with E-state index in [0.717, 1.165) is 22.8 Å². The summed E-state index contributed by atoms with van der Waals surface area (Å²) in [5.41, 5.74) is 1.83. The Bertz CT molecular complexity index is 408. The number of nitrogens with one attached hydrogen (secondary N) is 1. The summed E-state index contributed by atoms with van der Waals surface area (Å²) in [6.07, 6.45) is 7.64. The van der Waals surface area contributed by atoms with Crippen LogP contribution in [0.25, 0.3) is 0 Å². The first-order valence-corrected chi connectivity index (χ1v) is 6.85. The Kier molecular flexibility index (Phi) is 2.46. The van der Waals surface area contributed by atoms with Gasteiger partial charge in [0.05, 0.1) is 4.47 Å². The van der Waals surface area contributed by atoms with Crippen LogP contribution >= 0.6 is 15.9 Å². The summed E-state index contributed by atoms with van der Waals surface area (Å²) >= 11 is 3.56. The Morgan fingerprint density at radius 2 is 2.25 bits per heavy atom. The quantitative estimate of drug-likeness (QED) is 0.909. The molecule has 0 spiro atoms. The molecule has 3 rings (SSSR count). The van der Waals surface area contributed by atoms with Gasteiger partial charge in [0.1, 0.15) is 5.82 Å². The lowest BCUT2D eigenvalue weighted by molar-refractivity contribution is 0.466. The average molecular weight is 281 g/mol. The van der Waals surface area contributed by atoms with E-state index in [4.69, 9.17) is 0 Å². The van der Waals surface area contributed by atoms with Crippen LogP contribution in [0, 0.1) is 18.3 Å². The molecule has 2 nitrogen and oxygen atoms in total. The molecule has 2 aliphatic carbocycles. The molecular weight excluding hydrogens is 264 g/mol. The second kappa shape index (κ2) is 3.73. The van der Waals surface area contributed by atoms with Crippen molar-refractivity contribution >= 4 is 21.7 Å². The lowest BCUT2D eigenvalue weighted by Gasteiger charge is -2.16.